The average molecular weight is 232 g/mol. The first-order valence-corrected chi connectivity index (χ1v) is 6.86. The fourth-order valence-electron chi connectivity index (χ4n) is 2.75. The van der Waals surface area contributed by atoms with Crippen LogP contribution in [0.25, 0.3) is 0 Å². The number of anilines is 2. The summed E-state index contributed by atoms with van der Waals surface area (Å²) in [4.78, 5) is 0. The molecule has 2 heteroatoms. The van der Waals surface area contributed by atoms with Gasteiger partial charge in [-0.3, -0.25) is 0 Å². The normalized spacial score (nSPS) is 16.3. The zero-order valence-corrected chi connectivity index (χ0v) is 10.8. The second-order valence-electron chi connectivity index (χ2n) is 5.26. The zero-order valence-electron chi connectivity index (χ0n) is 10.8. The van der Waals surface area contributed by atoms with Crippen molar-refractivity contribution in [3.05, 3.63) is 23.8 Å². The van der Waals surface area contributed by atoms with Crippen molar-refractivity contribution < 1.29 is 0 Å². The van der Waals surface area contributed by atoms with Gasteiger partial charge >= 0.3 is 0 Å². The van der Waals surface area contributed by atoms with Gasteiger partial charge in [0.2, 0.25) is 0 Å². The number of benzene rings is 1. The highest BCUT2D eigenvalue weighted by Crippen LogP contribution is 2.28. The molecular weight excluding hydrogens is 208 g/mol. The summed E-state index contributed by atoms with van der Waals surface area (Å²) >= 11 is 0. The van der Waals surface area contributed by atoms with Crippen LogP contribution >= 0.6 is 0 Å². The van der Waals surface area contributed by atoms with Crippen molar-refractivity contribution in [2.75, 3.05) is 17.6 Å². The van der Waals surface area contributed by atoms with Crippen LogP contribution in [0.5, 0.6) is 0 Å². The van der Waals surface area contributed by atoms with E-state index in [1.54, 1.807) is 0 Å². The number of aryl methyl sites for hydroxylation is 1. The third-order valence-corrected chi connectivity index (χ3v) is 3.90. The van der Waals surface area contributed by atoms with Crippen LogP contribution in [0.3, 0.4) is 0 Å². The van der Waals surface area contributed by atoms with Crippen molar-refractivity contribution in [1.29, 1.82) is 0 Å². The van der Waals surface area contributed by atoms with E-state index in [1.807, 2.05) is 0 Å². The molecule has 17 heavy (non-hydrogen) atoms. The summed E-state index contributed by atoms with van der Waals surface area (Å²) in [6.07, 6.45) is 8.43. The van der Waals surface area contributed by atoms with E-state index in [0.29, 0.717) is 0 Å². The van der Waals surface area contributed by atoms with E-state index in [4.69, 9.17) is 5.73 Å². The molecule has 2 rings (SSSR count). The summed E-state index contributed by atoms with van der Waals surface area (Å²) in [5.41, 5.74) is 9.17. The Morgan fingerprint density at radius 1 is 1.29 bits per heavy atom. The highest BCUT2D eigenvalue weighted by atomic mass is 14.9. The van der Waals surface area contributed by atoms with Crippen LogP contribution in [0.1, 0.15) is 44.1 Å². The molecule has 0 bridgehead atoms. The Morgan fingerprint density at radius 2 is 2.06 bits per heavy atom. The molecule has 1 saturated carbocycles. The molecule has 2 nitrogen and oxygen atoms in total. The maximum atomic E-state index is 6.02. The Morgan fingerprint density at radius 3 is 2.82 bits per heavy atom. The Hall–Kier alpha value is -1.18. The fourth-order valence-corrected chi connectivity index (χ4v) is 2.75. The topological polar surface area (TPSA) is 38.0 Å². The smallest absolute Gasteiger partial charge is 0.0579 e. The first-order chi connectivity index (χ1) is 8.27. The number of rotatable bonds is 5. The van der Waals surface area contributed by atoms with Crippen LogP contribution in [0.4, 0.5) is 11.4 Å². The van der Waals surface area contributed by atoms with Gasteiger partial charge in [-0.2, -0.15) is 0 Å². The van der Waals surface area contributed by atoms with E-state index in [-0.39, 0.29) is 0 Å². The molecule has 0 aliphatic heterocycles. The van der Waals surface area contributed by atoms with Gasteiger partial charge in [-0.15, -0.1) is 0 Å². The molecule has 0 unspecified atom stereocenters. The second kappa shape index (κ2) is 5.95. The highest BCUT2D eigenvalue weighted by Gasteiger charge is 2.13. The van der Waals surface area contributed by atoms with Crippen LogP contribution in [0.15, 0.2) is 18.2 Å². The maximum Gasteiger partial charge on any atom is 0.0579 e. The van der Waals surface area contributed by atoms with Crippen molar-refractivity contribution in [3.8, 4) is 0 Å². The minimum absolute atomic E-state index is 0.897. The molecule has 1 fully saturated rings. The Labute approximate surface area is 105 Å². The van der Waals surface area contributed by atoms with E-state index in [2.05, 4.69) is 30.4 Å². The predicted molar refractivity (Wildman–Crippen MR) is 75.3 cm³/mol. The Kier molecular flexibility index (Phi) is 4.29. The fraction of sp³-hybridized carbons (Fsp3) is 0.600. The van der Waals surface area contributed by atoms with Crippen molar-refractivity contribution in [3.63, 3.8) is 0 Å². The predicted octanol–water partition coefficient (Wildman–Crippen LogP) is 3.96. The molecule has 1 aliphatic rings. The summed E-state index contributed by atoms with van der Waals surface area (Å²) in [6.45, 7) is 3.10. The lowest BCUT2D eigenvalue weighted by atomic mass is 10.0. The van der Waals surface area contributed by atoms with E-state index in [9.17, 15) is 0 Å². The van der Waals surface area contributed by atoms with Gasteiger partial charge in [0.1, 0.15) is 0 Å². The van der Waals surface area contributed by atoms with Crippen LogP contribution in [0.2, 0.25) is 0 Å². The standard InChI is InChI=1S/C15H24N2/c1-12-6-4-10-14(15(12)16)17-11-5-9-13-7-2-3-8-13/h4,6,10,13,17H,2-3,5,7-9,11,16H2,1H3. The van der Waals surface area contributed by atoms with Crippen LogP contribution in [0, 0.1) is 12.8 Å². The summed E-state index contributed by atoms with van der Waals surface area (Å²) in [6, 6.07) is 6.18. The molecule has 0 amide bonds. The number of nitrogens with two attached hydrogens (primary N) is 1. The summed E-state index contributed by atoms with van der Waals surface area (Å²) in [5, 5.41) is 3.45. The number of para-hydroxylation sites is 1. The van der Waals surface area contributed by atoms with Gasteiger partial charge in [-0.1, -0.05) is 37.8 Å². The first-order valence-electron chi connectivity index (χ1n) is 6.86. The quantitative estimate of drug-likeness (QED) is 0.595. The molecule has 3 N–H and O–H groups in total. The monoisotopic (exact) mass is 232 g/mol. The van der Waals surface area contributed by atoms with Gasteiger partial charge in [0.05, 0.1) is 11.4 Å². The van der Waals surface area contributed by atoms with Crippen LogP contribution in [-0.4, -0.2) is 6.54 Å². The molecule has 0 spiro atoms. The lowest BCUT2D eigenvalue weighted by Crippen LogP contribution is -2.06. The Bertz CT molecular complexity index is 354. The molecule has 0 heterocycles. The molecule has 0 aromatic heterocycles. The van der Waals surface area contributed by atoms with Crippen molar-refractivity contribution >= 4 is 11.4 Å². The van der Waals surface area contributed by atoms with Gasteiger partial charge in [-0.25, -0.2) is 0 Å². The Balaban J connectivity index is 1.72. The van der Waals surface area contributed by atoms with Crippen LogP contribution < -0.4 is 11.1 Å². The maximum absolute atomic E-state index is 6.02. The van der Waals surface area contributed by atoms with E-state index in [1.165, 1.54) is 38.5 Å². The number of hydrogen-bond donors (Lipinski definition) is 2. The average Bonchev–Trinajstić information content (AvgIpc) is 2.83. The van der Waals surface area contributed by atoms with Crippen molar-refractivity contribution in [1.82, 2.24) is 0 Å². The molecule has 0 atom stereocenters. The molecule has 1 aromatic carbocycles. The van der Waals surface area contributed by atoms with E-state index >= 15 is 0 Å². The van der Waals surface area contributed by atoms with E-state index < -0.39 is 0 Å². The minimum Gasteiger partial charge on any atom is -0.397 e. The van der Waals surface area contributed by atoms with Gasteiger partial charge in [0, 0.05) is 6.54 Å². The number of nitrogen functional groups attached to an aromatic ring is 1. The number of hydrogen-bond acceptors (Lipinski definition) is 2. The zero-order chi connectivity index (χ0) is 12.1. The third-order valence-electron chi connectivity index (χ3n) is 3.90. The second-order valence-corrected chi connectivity index (χ2v) is 5.26. The minimum atomic E-state index is 0.897. The lowest BCUT2D eigenvalue weighted by Gasteiger charge is -2.12. The van der Waals surface area contributed by atoms with Crippen molar-refractivity contribution in [2.24, 2.45) is 5.92 Å². The van der Waals surface area contributed by atoms with Crippen molar-refractivity contribution in [2.45, 2.75) is 45.4 Å². The van der Waals surface area contributed by atoms with E-state index in [0.717, 1.165) is 29.4 Å². The largest absolute Gasteiger partial charge is 0.397 e. The lowest BCUT2D eigenvalue weighted by molar-refractivity contribution is 0.491. The molecule has 94 valence electrons. The summed E-state index contributed by atoms with van der Waals surface area (Å²) in [7, 11) is 0. The van der Waals surface area contributed by atoms with Crippen LogP contribution in [-0.2, 0) is 0 Å². The molecule has 0 radical (unpaired) electrons. The molecule has 1 aliphatic carbocycles. The van der Waals surface area contributed by atoms with Gasteiger partial charge in [0.15, 0.2) is 0 Å². The summed E-state index contributed by atoms with van der Waals surface area (Å²) < 4.78 is 0. The SMILES string of the molecule is Cc1cccc(NCCCC2CCCC2)c1N. The number of nitrogens with one attached hydrogen (secondary N) is 1. The molecule has 1 aromatic rings. The van der Waals surface area contributed by atoms with Gasteiger partial charge < -0.3 is 11.1 Å². The third kappa shape index (κ3) is 3.39. The molecule has 0 saturated heterocycles. The van der Waals surface area contributed by atoms with Gasteiger partial charge in [0.25, 0.3) is 0 Å². The summed E-state index contributed by atoms with van der Waals surface area (Å²) in [5.74, 6) is 0.992. The molecular formula is C15H24N2. The highest BCUT2D eigenvalue weighted by molar-refractivity contribution is 5.69. The first kappa shape index (κ1) is 12.3. The van der Waals surface area contributed by atoms with Gasteiger partial charge in [-0.05, 0) is 37.3 Å².